The van der Waals surface area contributed by atoms with Gasteiger partial charge < -0.3 is 5.11 Å². The van der Waals surface area contributed by atoms with Crippen molar-refractivity contribution in [3.8, 4) is 0 Å². The molecule has 1 aromatic rings. The average Bonchev–Trinajstić information content (AvgIpc) is 2.25. The van der Waals surface area contributed by atoms with Gasteiger partial charge in [-0.25, -0.2) is 0 Å². The van der Waals surface area contributed by atoms with E-state index >= 15 is 0 Å². The molecule has 1 atom stereocenters. The fourth-order valence-electron chi connectivity index (χ4n) is 1.26. The quantitative estimate of drug-likeness (QED) is 0.507. The molecular formula is C10H8F3NO3. The number of nitro groups is 1. The van der Waals surface area contributed by atoms with Gasteiger partial charge >= 0.3 is 6.18 Å². The zero-order valence-electron chi connectivity index (χ0n) is 8.44. The molecule has 0 aliphatic heterocycles. The minimum Gasteiger partial charge on any atom is -0.384 e. The van der Waals surface area contributed by atoms with E-state index in [1.165, 1.54) is 0 Å². The Kier molecular flexibility index (Phi) is 3.52. The van der Waals surface area contributed by atoms with Crippen molar-refractivity contribution in [2.24, 2.45) is 0 Å². The Hall–Kier alpha value is -1.89. The molecule has 4 nitrogen and oxygen atoms in total. The third-order valence-electron chi connectivity index (χ3n) is 2.10. The molecule has 0 heterocycles. The number of benzene rings is 1. The summed E-state index contributed by atoms with van der Waals surface area (Å²) in [5, 5.41) is 20.0. The van der Waals surface area contributed by atoms with Crippen molar-refractivity contribution < 1.29 is 23.2 Å². The Bertz CT molecular complexity index is 457. The minimum absolute atomic E-state index is 0.224. The first-order valence-corrected chi connectivity index (χ1v) is 4.43. The van der Waals surface area contributed by atoms with Gasteiger partial charge in [0, 0.05) is 6.07 Å². The fraction of sp³-hybridized carbons (Fsp3) is 0.200. The molecule has 0 aromatic heterocycles. The molecule has 1 unspecified atom stereocenters. The fourth-order valence-corrected chi connectivity index (χ4v) is 1.26. The third kappa shape index (κ3) is 2.82. The third-order valence-corrected chi connectivity index (χ3v) is 2.10. The smallest absolute Gasteiger partial charge is 0.384 e. The van der Waals surface area contributed by atoms with Crippen molar-refractivity contribution in [2.75, 3.05) is 0 Å². The minimum atomic E-state index is -4.66. The Labute approximate surface area is 94.1 Å². The highest BCUT2D eigenvalue weighted by Gasteiger charge is 2.33. The monoisotopic (exact) mass is 247 g/mol. The highest BCUT2D eigenvalue weighted by Crippen LogP contribution is 2.34. The summed E-state index contributed by atoms with van der Waals surface area (Å²) in [6, 6.07) is 1.93. The van der Waals surface area contributed by atoms with Gasteiger partial charge in [0.1, 0.15) is 6.10 Å². The van der Waals surface area contributed by atoms with Crippen LogP contribution in [0.4, 0.5) is 18.9 Å². The molecule has 0 saturated heterocycles. The van der Waals surface area contributed by atoms with Gasteiger partial charge in [0.25, 0.3) is 5.69 Å². The van der Waals surface area contributed by atoms with Gasteiger partial charge in [-0.2, -0.15) is 13.2 Å². The van der Waals surface area contributed by atoms with Gasteiger partial charge in [-0.1, -0.05) is 6.08 Å². The van der Waals surface area contributed by atoms with Crippen LogP contribution in [0.3, 0.4) is 0 Å². The van der Waals surface area contributed by atoms with Crippen molar-refractivity contribution >= 4 is 5.69 Å². The number of alkyl halides is 3. The van der Waals surface area contributed by atoms with Crippen LogP contribution >= 0.6 is 0 Å². The van der Waals surface area contributed by atoms with E-state index in [1.54, 1.807) is 0 Å². The normalized spacial score (nSPS) is 13.2. The van der Waals surface area contributed by atoms with Crippen LogP contribution < -0.4 is 0 Å². The van der Waals surface area contributed by atoms with Crippen LogP contribution in [0.1, 0.15) is 17.2 Å². The molecule has 1 N–H and O–H groups in total. The molecule has 7 heteroatoms. The lowest BCUT2D eigenvalue weighted by atomic mass is 10.0. The predicted molar refractivity (Wildman–Crippen MR) is 53.3 cm³/mol. The first-order valence-electron chi connectivity index (χ1n) is 4.43. The summed E-state index contributed by atoms with van der Waals surface area (Å²) in [7, 11) is 0. The Morgan fingerprint density at radius 3 is 2.47 bits per heavy atom. The van der Waals surface area contributed by atoms with Crippen molar-refractivity contribution in [2.45, 2.75) is 12.3 Å². The number of nitro benzene ring substituents is 1. The lowest BCUT2D eigenvalue weighted by Crippen LogP contribution is -2.08. The maximum Gasteiger partial charge on any atom is 0.416 e. The second-order valence-electron chi connectivity index (χ2n) is 3.21. The summed E-state index contributed by atoms with van der Waals surface area (Å²) in [4.78, 5) is 9.64. The van der Waals surface area contributed by atoms with Gasteiger partial charge in [-0.3, -0.25) is 10.1 Å². The Morgan fingerprint density at radius 2 is 2.06 bits per heavy atom. The second kappa shape index (κ2) is 4.54. The summed E-state index contributed by atoms with van der Waals surface area (Å²) in [5.41, 5.74) is -2.14. The number of halogens is 3. The van der Waals surface area contributed by atoms with E-state index in [1.807, 2.05) is 0 Å². The number of aliphatic hydroxyl groups is 1. The molecule has 17 heavy (non-hydrogen) atoms. The average molecular weight is 247 g/mol. The molecule has 0 bridgehead atoms. The molecule has 1 aromatic carbocycles. The van der Waals surface area contributed by atoms with Crippen LogP contribution in [-0.2, 0) is 6.18 Å². The van der Waals surface area contributed by atoms with Gasteiger partial charge in [0.15, 0.2) is 0 Å². The van der Waals surface area contributed by atoms with Crippen molar-refractivity contribution in [3.63, 3.8) is 0 Å². The van der Waals surface area contributed by atoms with E-state index in [2.05, 4.69) is 6.58 Å². The number of rotatable bonds is 3. The second-order valence-corrected chi connectivity index (χ2v) is 3.21. The Balaban J connectivity index is 3.37. The van der Waals surface area contributed by atoms with E-state index in [0.717, 1.165) is 12.1 Å². The number of aliphatic hydroxyl groups excluding tert-OH is 1. The molecule has 0 aliphatic carbocycles. The van der Waals surface area contributed by atoms with Crippen LogP contribution in [0.5, 0.6) is 0 Å². The first-order chi connectivity index (χ1) is 7.77. The van der Waals surface area contributed by atoms with Crippen LogP contribution in [0.25, 0.3) is 0 Å². The summed E-state index contributed by atoms with van der Waals surface area (Å²) < 4.78 is 37.0. The maximum absolute atomic E-state index is 12.3. The molecule has 0 spiro atoms. The topological polar surface area (TPSA) is 63.4 Å². The van der Waals surface area contributed by atoms with E-state index in [9.17, 15) is 28.4 Å². The summed E-state index contributed by atoms with van der Waals surface area (Å²) >= 11 is 0. The SMILES string of the molecule is C=CC(O)c1ccc(C(F)(F)F)cc1[N+](=O)[O-]. The van der Waals surface area contributed by atoms with Crippen LogP contribution in [-0.4, -0.2) is 10.0 Å². The predicted octanol–water partition coefficient (Wildman–Crippen LogP) is 2.83. The molecule has 0 fully saturated rings. The molecule has 0 aliphatic rings. The number of hydrogen-bond donors (Lipinski definition) is 1. The zero-order valence-corrected chi connectivity index (χ0v) is 8.44. The molecular weight excluding hydrogens is 239 g/mol. The highest BCUT2D eigenvalue weighted by atomic mass is 19.4. The largest absolute Gasteiger partial charge is 0.416 e. The van der Waals surface area contributed by atoms with Crippen LogP contribution in [0.15, 0.2) is 30.9 Å². The van der Waals surface area contributed by atoms with Gasteiger partial charge in [-0.15, -0.1) is 6.58 Å². The van der Waals surface area contributed by atoms with Crippen LogP contribution in [0.2, 0.25) is 0 Å². The molecule has 1 rings (SSSR count). The van der Waals surface area contributed by atoms with E-state index < -0.39 is 28.5 Å². The zero-order chi connectivity index (χ0) is 13.2. The highest BCUT2D eigenvalue weighted by molar-refractivity contribution is 5.46. The molecule has 0 saturated carbocycles. The van der Waals surface area contributed by atoms with Crippen molar-refractivity contribution in [1.82, 2.24) is 0 Å². The van der Waals surface area contributed by atoms with E-state index in [-0.39, 0.29) is 5.56 Å². The number of hydrogen-bond acceptors (Lipinski definition) is 3. The van der Waals surface area contributed by atoms with E-state index in [0.29, 0.717) is 12.1 Å². The summed E-state index contributed by atoms with van der Waals surface area (Å²) in [6.45, 7) is 3.21. The Morgan fingerprint density at radius 1 is 1.47 bits per heavy atom. The molecule has 0 radical (unpaired) electrons. The van der Waals surface area contributed by atoms with Crippen LogP contribution in [0, 0.1) is 10.1 Å². The molecule has 92 valence electrons. The maximum atomic E-state index is 12.3. The van der Waals surface area contributed by atoms with Gasteiger partial charge in [0.05, 0.1) is 16.1 Å². The summed E-state index contributed by atoms with van der Waals surface area (Å²) in [6.07, 6.45) is -5.05. The van der Waals surface area contributed by atoms with Gasteiger partial charge in [0.2, 0.25) is 0 Å². The lowest BCUT2D eigenvalue weighted by molar-refractivity contribution is -0.386. The van der Waals surface area contributed by atoms with Crippen molar-refractivity contribution in [3.05, 3.63) is 52.1 Å². The standard InChI is InChI=1S/C10H8F3NO3/c1-2-9(15)7-4-3-6(10(11,12)13)5-8(7)14(16)17/h2-5,9,15H,1H2. The summed E-state index contributed by atoms with van der Waals surface area (Å²) in [5.74, 6) is 0. The number of nitrogens with zero attached hydrogens (tertiary/aromatic N) is 1. The first kappa shape index (κ1) is 13.2. The van der Waals surface area contributed by atoms with E-state index in [4.69, 9.17) is 0 Å². The molecule has 0 amide bonds. The van der Waals surface area contributed by atoms with Crippen molar-refractivity contribution in [1.29, 1.82) is 0 Å². The van der Waals surface area contributed by atoms with Gasteiger partial charge in [-0.05, 0) is 12.1 Å². The lowest BCUT2D eigenvalue weighted by Gasteiger charge is -2.10.